The Kier molecular flexibility index (Phi) is 2.60. The summed E-state index contributed by atoms with van der Waals surface area (Å²) >= 11 is 0. The van der Waals surface area contributed by atoms with Crippen molar-refractivity contribution in [1.82, 2.24) is 0 Å². The summed E-state index contributed by atoms with van der Waals surface area (Å²) in [6, 6.07) is 8.90. The fourth-order valence-electron chi connectivity index (χ4n) is 1.91. The molecule has 1 aliphatic heterocycles. The predicted molar refractivity (Wildman–Crippen MR) is 58.5 cm³/mol. The van der Waals surface area contributed by atoms with E-state index in [1.165, 1.54) is 17.5 Å². The highest BCUT2D eigenvalue weighted by Crippen LogP contribution is 2.29. The van der Waals surface area contributed by atoms with Gasteiger partial charge in [0.05, 0.1) is 12.2 Å². The van der Waals surface area contributed by atoms with Crippen molar-refractivity contribution in [3.63, 3.8) is 0 Å². The van der Waals surface area contributed by atoms with Crippen molar-refractivity contribution in [3.05, 3.63) is 35.4 Å². The van der Waals surface area contributed by atoms with Crippen LogP contribution in [0.5, 0.6) is 0 Å². The smallest absolute Gasteiger partial charge is 0.0716 e. The summed E-state index contributed by atoms with van der Waals surface area (Å²) in [4.78, 5) is 0. The second kappa shape index (κ2) is 3.74. The van der Waals surface area contributed by atoms with E-state index in [1.54, 1.807) is 0 Å². The zero-order valence-electron chi connectivity index (χ0n) is 9.05. The van der Waals surface area contributed by atoms with Gasteiger partial charge in [0.2, 0.25) is 0 Å². The first kappa shape index (κ1) is 9.72. The molecule has 1 unspecified atom stereocenters. The van der Waals surface area contributed by atoms with E-state index in [1.807, 2.05) is 0 Å². The first-order valence-corrected chi connectivity index (χ1v) is 5.44. The molecule has 76 valence electrons. The largest absolute Gasteiger partial charge is 0.375 e. The van der Waals surface area contributed by atoms with Crippen molar-refractivity contribution < 1.29 is 4.74 Å². The highest BCUT2D eigenvalue weighted by atomic mass is 16.5. The van der Waals surface area contributed by atoms with E-state index in [-0.39, 0.29) is 5.60 Å². The molecule has 0 bridgehead atoms. The highest BCUT2D eigenvalue weighted by Gasteiger charge is 2.32. The van der Waals surface area contributed by atoms with Crippen LogP contribution < -0.4 is 0 Å². The fourth-order valence-corrected chi connectivity index (χ4v) is 1.91. The molecule has 0 aromatic heterocycles. The van der Waals surface area contributed by atoms with Gasteiger partial charge in [-0.1, -0.05) is 31.2 Å². The van der Waals surface area contributed by atoms with Gasteiger partial charge in [-0.2, -0.15) is 0 Å². The molecule has 1 saturated heterocycles. The topological polar surface area (TPSA) is 9.23 Å². The molecule has 0 aliphatic carbocycles. The Morgan fingerprint density at radius 2 is 1.79 bits per heavy atom. The van der Waals surface area contributed by atoms with Crippen LogP contribution in [0.15, 0.2) is 24.3 Å². The number of ether oxygens (including phenoxy) is 1. The summed E-state index contributed by atoms with van der Waals surface area (Å²) < 4.78 is 5.58. The first-order chi connectivity index (χ1) is 6.72. The maximum atomic E-state index is 5.58. The van der Waals surface area contributed by atoms with Crippen molar-refractivity contribution in [2.45, 2.75) is 38.7 Å². The van der Waals surface area contributed by atoms with Crippen molar-refractivity contribution >= 4 is 0 Å². The summed E-state index contributed by atoms with van der Waals surface area (Å²) in [5.41, 5.74) is 2.92. The lowest BCUT2D eigenvalue weighted by molar-refractivity contribution is -0.132. The number of hydrogen-bond acceptors (Lipinski definition) is 1. The number of rotatable bonds is 3. The van der Waals surface area contributed by atoms with Crippen LogP contribution in [0.1, 0.15) is 31.4 Å². The third kappa shape index (κ3) is 1.98. The van der Waals surface area contributed by atoms with Crippen LogP contribution >= 0.6 is 0 Å². The van der Waals surface area contributed by atoms with Crippen LogP contribution in [0.2, 0.25) is 0 Å². The molecule has 14 heavy (non-hydrogen) atoms. The molecule has 1 atom stereocenters. The second-order valence-corrected chi connectivity index (χ2v) is 4.40. The van der Waals surface area contributed by atoms with E-state index in [0.29, 0.717) is 0 Å². The fraction of sp³-hybridized carbons (Fsp3) is 0.538. The molecule has 2 rings (SSSR count). The van der Waals surface area contributed by atoms with Gasteiger partial charge in [0.15, 0.2) is 0 Å². The molecule has 0 saturated carbocycles. The summed E-state index contributed by atoms with van der Waals surface area (Å²) in [7, 11) is 0. The van der Waals surface area contributed by atoms with E-state index in [4.69, 9.17) is 4.74 Å². The molecular formula is C13H18O. The van der Waals surface area contributed by atoms with Crippen LogP contribution in [0, 0.1) is 0 Å². The van der Waals surface area contributed by atoms with Crippen molar-refractivity contribution in [1.29, 1.82) is 0 Å². The predicted octanol–water partition coefficient (Wildman–Crippen LogP) is 2.97. The lowest BCUT2D eigenvalue weighted by Crippen LogP contribution is -2.42. The molecule has 1 heterocycles. The Hall–Kier alpha value is -0.820. The molecule has 1 fully saturated rings. The molecule has 0 amide bonds. The van der Waals surface area contributed by atoms with Gasteiger partial charge in [-0.05, 0) is 30.9 Å². The lowest BCUT2D eigenvalue weighted by Gasteiger charge is -2.38. The Morgan fingerprint density at radius 1 is 1.21 bits per heavy atom. The van der Waals surface area contributed by atoms with Gasteiger partial charge in [-0.15, -0.1) is 0 Å². The Balaban J connectivity index is 2.02. The van der Waals surface area contributed by atoms with Crippen LogP contribution in [-0.2, 0) is 17.6 Å². The molecule has 1 heteroatoms. The van der Waals surface area contributed by atoms with E-state index < -0.39 is 0 Å². The van der Waals surface area contributed by atoms with Gasteiger partial charge in [0, 0.05) is 6.42 Å². The standard InChI is InChI=1S/C13H18O/c1-3-11-4-6-12(7-5-11)10-13(2)8-9-14-13/h4-7H,3,8-10H2,1-2H3. The zero-order valence-corrected chi connectivity index (χ0v) is 9.05. The quantitative estimate of drug-likeness (QED) is 0.712. The number of hydrogen-bond donors (Lipinski definition) is 0. The maximum absolute atomic E-state index is 5.58. The van der Waals surface area contributed by atoms with Crippen molar-refractivity contribution in [2.24, 2.45) is 0 Å². The molecule has 0 radical (unpaired) electrons. The Bertz CT molecular complexity index is 296. The first-order valence-electron chi connectivity index (χ1n) is 5.44. The molecule has 1 nitrogen and oxygen atoms in total. The lowest BCUT2D eigenvalue weighted by atomic mass is 9.89. The number of benzene rings is 1. The van der Waals surface area contributed by atoms with Crippen molar-refractivity contribution in [3.8, 4) is 0 Å². The minimum atomic E-state index is 0.119. The van der Waals surface area contributed by atoms with E-state index in [0.717, 1.165) is 19.4 Å². The second-order valence-electron chi connectivity index (χ2n) is 4.40. The maximum Gasteiger partial charge on any atom is 0.0716 e. The molecule has 1 aromatic carbocycles. The normalized spacial score (nSPS) is 25.9. The number of aryl methyl sites for hydroxylation is 1. The SMILES string of the molecule is CCc1ccc(CC2(C)CCO2)cc1. The monoisotopic (exact) mass is 190 g/mol. The van der Waals surface area contributed by atoms with Gasteiger partial charge in [-0.3, -0.25) is 0 Å². The summed E-state index contributed by atoms with van der Waals surface area (Å²) in [6.45, 7) is 5.32. The van der Waals surface area contributed by atoms with Gasteiger partial charge >= 0.3 is 0 Å². The van der Waals surface area contributed by atoms with E-state index >= 15 is 0 Å². The van der Waals surface area contributed by atoms with Gasteiger partial charge < -0.3 is 4.74 Å². The van der Waals surface area contributed by atoms with E-state index in [9.17, 15) is 0 Å². The van der Waals surface area contributed by atoms with Gasteiger partial charge in [-0.25, -0.2) is 0 Å². The van der Waals surface area contributed by atoms with Crippen LogP contribution in [0.4, 0.5) is 0 Å². The van der Waals surface area contributed by atoms with E-state index in [2.05, 4.69) is 38.1 Å². The van der Waals surface area contributed by atoms with Gasteiger partial charge in [0.1, 0.15) is 0 Å². The van der Waals surface area contributed by atoms with Crippen LogP contribution in [0.3, 0.4) is 0 Å². The molecule has 1 aromatic rings. The van der Waals surface area contributed by atoms with Crippen molar-refractivity contribution in [2.75, 3.05) is 6.61 Å². The highest BCUT2D eigenvalue weighted by molar-refractivity contribution is 5.24. The minimum absolute atomic E-state index is 0.119. The third-order valence-electron chi connectivity index (χ3n) is 3.09. The average molecular weight is 190 g/mol. The Morgan fingerprint density at radius 3 is 2.21 bits per heavy atom. The summed E-state index contributed by atoms with van der Waals surface area (Å²) in [5, 5.41) is 0. The minimum Gasteiger partial charge on any atom is -0.375 e. The molecule has 1 aliphatic rings. The zero-order chi connectivity index (χ0) is 10.0. The third-order valence-corrected chi connectivity index (χ3v) is 3.09. The Labute approximate surface area is 86.1 Å². The molecular weight excluding hydrogens is 172 g/mol. The molecule has 0 spiro atoms. The summed E-state index contributed by atoms with van der Waals surface area (Å²) in [6.07, 6.45) is 3.37. The van der Waals surface area contributed by atoms with Crippen LogP contribution in [0.25, 0.3) is 0 Å². The molecule has 0 N–H and O–H groups in total. The summed E-state index contributed by atoms with van der Waals surface area (Å²) in [5.74, 6) is 0. The average Bonchev–Trinajstić information content (AvgIpc) is 2.17. The van der Waals surface area contributed by atoms with Crippen LogP contribution in [-0.4, -0.2) is 12.2 Å². The van der Waals surface area contributed by atoms with Gasteiger partial charge in [0.25, 0.3) is 0 Å².